The molecular weight excluding hydrogens is 480 g/mol. The Morgan fingerprint density at radius 3 is 2.55 bits per heavy atom. The van der Waals surface area contributed by atoms with Crippen LogP contribution in [0.15, 0.2) is 48.5 Å². The number of amides is 2. The van der Waals surface area contributed by atoms with E-state index >= 15 is 0 Å². The van der Waals surface area contributed by atoms with E-state index in [1.807, 2.05) is 48.2 Å². The second-order valence-electron chi connectivity index (χ2n) is 9.62. The van der Waals surface area contributed by atoms with Crippen molar-refractivity contribution in [3.8, 4) is 17.5 Å². The van der Waals surface area contributed by atoms with E-state index in [4.69, 9.17) is 4.74 Å². The Hall–Kier alpha value is -4.32. The minimum Gasteiger partial charge on any atom is -0.497 e. The average Bonchev–Trinajstić information content (AvgIpc) is 3.36. The van der Waals surface area contributed by atoms with Crippen LogP contribution in [0.25, 0.3) is 5.69 Å². The van der Waals surface area contributed by atoms with Crippen LogP contribution in [0.4, 0.5) is 5.69 Å². The molecule has 0 atom stereocenters. The zero-order chi connectivity index (χ0) is 26.6. The molecule has 0 unspecified atom stereocenters. The first kappa shape index (κ1) is 25.3. The Balaban J connectivity index is 1.32. The van der Waals surface area contributed by atoms with Gasteiger partial charge in [0.2, 0.25) is 5.91 Å². The molecule has 0 radical (unpaired) electrons. The third-order valence-corrected chi connectivity index (χ3v) is 7.51. The summed E-state index contributed by atoms with van der Waals surface area (Å²) in [5.41, 5.74) is 4.47. The number of hydrogen-bond donors (Lipinski definition) is 1. The van der Waals surface area contributed by atoms with E-state index in [-0.39, 0.29) is 17.9 Å². The Morgan fingerprint density at radius 2 is 1.87 bits per heavy atom. The number of aromatic nitrogens is 2. The number of rotatable bonds is 7. The van der Waals surface area contributed by atoms with Crippen LogP contribution in [0.3, 0.4) is 0 Å². The van der Waals surface area contributed by atoms with Gasteiger partial charge in [0.15, 0.2) is 5.69 Å². The molecule has 1 saturated heterocycles. The predicted molar refractivity (Wildman–Crippen MR) is 143 cm³/mol. The van der Waals surface area contributed by atoms with Gasteiger partial charge in [-0.1, -0.05) is 25.1 Å². The monoisotopic (exact) mass is 512 g/mol. The number of ether oxygens (including phenoxy) is 1. The molecule has 2 amide bonds. The topological polar surface area (TPSA) is 103 Å². The fourth-order valence-corrected chi connectivity index (χ4v) is 5.43. The molecule has 9 nitrogen and oxygen atoms in total. The third-order valence-electron chi connectivity index (χ3n) is 7.51. The Labute approximate surface area is 222 Å². The maximum absolute atomic E-state index is 13.8. The lowest BCUT2D eigenvalue weighted by atomic mass is 9.96. The molecule has 0 aliphatic carbocycles. The largest absolute Gasteiger partial charge is 0.497 e. The molecule has 2 aliphatic rings. The zero-order valence-corrected chi connectivity index (χ0v) is 21.8. The first-order valence-corrected chi connectivity index (χ1v) is 13.1. The molecule has 1 fully saturated rings. The summed E-state index contributed by atoms with van der Waals surface area (Å²) in [4.78, 5) is 29.9. The van der Waals surface area contributed by atoms with Gasteiger partial charge in [-0.25, -0.2) is 4.68 Å². The number of piperidine rings is 1. The molecule has 1 N–H and O–H groups in total. The number of benzene rings is 2. The van der Waals surface area contributed by atoms with Crippen molar-refractivity contribution in [2.45, 2.75) is 45.2 Å². The fourth-order valence-electron chi connectivity index (χ4n) is 5.43. The van der Waals surface area contributed by atoms with Crippen molar-refractivity contribution in [2.75, 3.05) is 31.6 Å². The molecule has 5 rings (SSSR count). The van der Waals surface area contributed by atoms with Crippen molar-refractivity contribution in [2.24, 2.45) is 0 Å². The molecule has 38 heavy (non-hydrogen) atoms. The Morgan fingerprint density at radius 1 is 1.13 bits per heavy atom. The highest BCUT2D eigenvalue weighted by atomic mass is 16.5. The lowest BCUT2D eigenvalue weighted by Gasteiger charge is -2.41. The van der Waals surface area contributed by atoms with E-state index in [9.17, 15) is 14.9 Å². The maximum Gasteiger partial charge on any atom is 0.273 e. The number of nitrogens with zero attached hydrogens (tertiary/aromatic N) is 5. The second kappa shape index (κ2) is 11.0. The normalized spacial score (nSPS) is 15.7. The summed E-state index contributed by atoms with van der Waals surface area (Å²) >= 11 is 0. The molecule has 2 aliphatic heterocycles. The highest BCUT2D eigenvalue weighted by molar-refractivity contribution is 5.96. The molecule has 196 valence electrons. The van der Waals surface area contributed by atoms with Gasteiger partial charge in [0.25, 0.3) is 5.91 Å². The molecule has 0 saturated carbocycles. The lowest BCUT2D eigenvalue weighted by Crippen LogP contribution is -2.50. The van der Waals surface area contributed by atoms with E-state index in [1.54, 1.807) is 11.8 Å². The summed E-state index contributed by atoms with van der Waals surface area (Å²) in [7, 11) is 1.61. The third kappa shape index (κ3) is 4.82. The summed E-state index contributed by atoms with van der Waals surface area (Å²) in [6, 6.07) is 17.8. The average molecular weight is 513 g/mol. The Bertz CT molecular complexity index is 1370. The SMILES string of the molecule is CCC(=O)NCc1ccccc1N1CCC(N2CCc3c(C#N)nn(-c4ccc(OC)cc4)c3C2=O)CC1. The minimum absolute atomic E-state index is 0.0370. The number of para-hydroxylation sites is 1. The number of nitrogens with one attached hydrogen (secondary N) is 1. The van der Waals surface area contributed by atoms with Gasteiger partial charge in [-0.05, 0) is 55.2 Å². The molecule has 0 spiro atoms. The number of fused-ring (bicyclic) bond motifs is 1. The predicted octanol–water partition coefficient (Wildman–Crippen LogP) is 3.45. The van der Waals surface area contributed by atoms with E-state index in [0.29, 0.717) is 43.1 Å². The number of nitriles is 1. The van der Waals surface area contributed by atoms with Crippen LogP contribution in [0.2, 0.25) is 0 Å². The van der Waals surface area contributed by atoms with Crippen LogP contribution in [0, 0.1) is 11.3 Å². The van der Waals surface area contributed by atoms with Gasteiger partial charge < -0.3 is 19.9 Å². The molecule has 1 aromatic heterocycles. The van der Waals surface area contributed by atoms with Gasteiger partial charge >= 0.3 is 0 Å². The minimum atomic E-state index is -0.0720. The van der Waals surface area contributed by atoms with E-state index < -0.39 is 0 Å². The first-order chi connectivity index (χ1) is 18.5. The summed E-state index contributed by atoms with van der Waals surface area (Å²) in [6.45, 7) is 4.58. The van der Waals surface area contributed by atoms with E-state index in [2.05, 4.69) is 33.5 Å². The summed E-state index contributed by atoms with van der Waals surface area (Å²) in [6.07, 6.45) is 2.77. The second-order valence-corrected chi connectivity index (χ2v) is 9.62. The van der Waals surface area contributed by atoms with Crippen LogP contribution in [-0.4, -0.2) is 59.3 Å². The van der Waals surface area contributed by atoms with Crippen molar-refractivity contribution in [3.63, 3.8) is 0 Å². The molecule has 9 heteroatoms. The van der Waals surface area contributed by atoms with Crippen LogP contribution >= 0.6 is 0 Å². The zero-order valence-electron chi connectivity index (χ0n) is 21.8. The van der Waals surface area contributed by atoms with Crippen LogP contribution < -0.4 is 15.0 Å². The highest BCUT2D eigenvalue weighted by Crippen LogP contribution is 2.31. The fraction of sp³-hybridized carbons (Fsp3) is 0.379. The van der Waals surface area contributed by atoms with Crippen LogP contribution in [-0.2, 0) is 17.8 Å². The number of hydrogen-bond acceptors (Lipinski definition) is 6. The van der Waals surface area contributed by atoms with Crippen molar-refractivity contribution in [3.05, 3.63) is 71.0 Å². The summed E-state index contributed by atoms with van der Waals surface area (Å²) in [5.74, 6) is 0.677. The smallest absolute Gasteiger partial charge is 0.273 e. The molecule has 2 aromatic carbocycles. The van der Waals surface area contributed by atoms with Crippen molar-refractivity contribution >= 4 is 17.5 Å². The Kier molecular flexibility index (Phi) is 7.31. The molecule has 3 heterocycles. The lowest BCUT2D eigenvalue weighted by molar-refractivity contribution is -0.120. The van der Waals surface area contributed by atoms with Gasteiger partial charge in [0.05, 0.1) is 12.8 Å². The van der Waals surface area contributed by atoms with Gasteiger partial charge in [0, 0.05) is 49.9 Å². The first-order valence-electron chi connectivity index (χ1n) is 13.1. The van der Waals surface area contributed by atoms with Crippen LogP contribution in [0.5, 0.6) is 5.75 Å². The maximum atomic E-state index is 13.8. The summed E-state index contributed by atoms with van der Waals surface area (Å²) < 4.78 is 6.87. The van der Waals surface area contributed by atoms with Gasteiger partial charge in [-0.15, -0.1) is 0 Å². The highest BCUT2D eigenvalue weighted by Gasteiger charge is 2.37. The number of methoxy groups -OCH3 is 1. The quantitative estimate of drug-likeness (QED) is 0.520. The summed E-state index contributed by atoms with van der Waals surface area (Å²) in [5, 5.41) is 17.2. The van der Waals surface area contributed by atoms with Gasteiger partial charge in [-0.3, -0.25) is 9.59 Å². The number of anilines is 1. The van der Waals surface area contributed by atoms with E-state index in [0.717, 1.165) is 48.4 Å². The van der Waals surface area contributed by atoms with Crippen molar-refractivity contribution < 1.29 is 14.3 Å². The molecule has 0 bridgehead atoms. The van der Waals surface area contributed by atoms with Gasteiger partial charge in [0.1, 0.15) is 17.5 Å². The van der Waals surface area contributed by atoms with E-state index in [1.165, 1.54) is 0 Å². The number of carbonyl (C=O) groups excluding carboxylic acids is 2. The van der Waals surface area contributed by atoms with Crippen molar-refractivity contribution in [1.82, 2.24) is 20.0 Å². The number of carbonyl (C=O) groups is 2. The molecule has 3 aromatic rings. The van der Waals surface area contributed by atoms with Gasteiger partial charge in [-0.2, -0.15) is 10.4 Å². The van der Waals surface area contributed by atoms with Crippen molar-refractivity contribution in [1.29, 1.82) is 5.26 Å². The van der Waals surface area contributed by atoms with Crippen LogP contribution in [0.1, 0.15) is 53.5 Å². The molecular formula is C29H32N6O3. The standard InChI is InChI=1S/C29H32N6O3/c1-3-27(36)31-19-20-6-4-5-7-26(20)33-15-12-21(13-16-33)34-17-14-24-25(18-30)32-35(28(24)29(34)37)22-8-10-23(38-2)11-9-22/h4-11,21H,3,12-17,19H2,1-2H3,(H,31,36).